The van der Waals surface area contributed by atoms with Crippen LogP contribution in [0.25, 0.3) is 110 Å². The molecule has 10 aromatic carbocycles. The molecular weight excluding hydrogens is 701 g/mol. The van der Waals surface area contributed by atoms with Gasteiger partial charge in [-0.1, -0.05) is 206 Å². The summed E-state index contributed by atoms with van der Waals surface area (Å²) in [6, 6.07) is 78.3. The number of fused-ring (bicyclic) bond motifs is 5. The zero-order valence-electron chi connectivity index (χ0n) is 31.7. The Morgan fingerprint density at radius 3 is 1.40 bits per heavy atom. The van der Waals surface area contributed by atoms with Crippen LogP contribution in [0.1, 0.15) is 0 Å². The second kappa shape index (κ2) is 14.1. The van der Waals surface area contributed by atoms with Crippen molar-refractivity contribution in [1.29, 1.82) is 0 Å². The van der Waals surface area contributed by atoms with Crippen molar-refractivity contribution >= 4 is 43.1 Å². The van der Waals surface area contributed by atoms with E-state index in [1.165, 1.54) is 70.9 Å². The number of nitrogens with zero attached hydrogens (tertiary/aromatic N) is 2. The zero-order chi connectivity index (χ0) is 38.4. The van der Waals surface area contributed by atoms with Gasteiger partial charge in [0.1, 0.15) is 0 Å². The highest BCUT2D eigenvalue weighted by molar-refractivity contribution is 6.23. The van der Waals surface area contributed by atoms with Gasteiger partial charge in [0.25, 0.3) is 0 Å². The molecule has 2 heteroatoms. The van der Waals surface area contributed by atoms with Crippen LogP contribution < -0.4 is 0 Å². The van der Waals surface area contributed by atoms with E-state index in [-0.39, 0.29) is 0 Å². The van der Waals surface area contributed by atoms with Crippen LogP contribution in [-0.2, 0) is 0 Å². The molecule has 0 aliphatic heterocycles. The van der Waals surface area contributed by atoms with Crippen molar-refractivity contribution in [1.82, 2.24) is 9.97 Å². The number of hydrogen-bond acceptors (Lipinski definition) is 2. The SMILES string of the molecule is c1ccc(-c2ccc(-c3cc(-c4ccc(-c5ccc(-c6c7ccccc7cc7c6ccc6ccccc67)c6ccccc56)cc4)nc(-c4ccccc4)n3)cc2)cc1. The minimum Gasteiger partial charge on any atom is -0.228 e. The molecule has 0 amide bonds. The van der Waals surface area contributed by atoms with E-state index in [2.05, 4.69) is 194 Å². The number of rotatable bonds is 6. The lowest BCUT2D eigenvalue weighted by Gasteiger charge is -2.17. The predicted molar refractivity (Wildman–Crippen MR) is 245 cm³/mol. The molecule has 0 unspecified atom stereocenters. The third kappa shape index (κ3) is 5.91. The highest BCUT2D eigenvalue weighted by Gasteiger charge is 2.17. The molecule has 0 aliphatic rings. The normalized spacial score (nSPS) is 11.4. The molecule has 11 aromatic rings. The zero-order valence-corrected chi connectivity index (χ0v) is 31.7. The van der Waals surface area contributed by atoms with Gasteiger partial charge in [-0.2, -0.15) is 0 Å². The summed E-state index contributed by atoms with van der Waals surface area (Å²) in [4.78, 5) is 10.2. The summed E-state index contributed by atoms with van der Waals surface area (Å²) in [6.07, 6.45) is 0. The third-order valence-corrected chi connectivity index (χ3v) is 11.5. The fourth-order valence-electron chi connectivity index (χ4n) is 8.62. The Balaban J connectivity index is 1.01. The third-order valence-electron chi connectivity index (χ3n) is 11.5. The summed E-state index contributed by atoms with van der Waals surface area (Å²) >= 11 is 0. The molecule has 2 nitrogen and oxygen atoms in total. The van der Waals surface area contributed by atoms with Gasteiger partial charge in [-0.15, -0.1) is 0 Å². The first-order valence-electron chi connectivity index (χ1n) is 19.8. The van der Waals surface area contributed by atoms with E-state index in [1.54, 1.807) is 0 Å². The Kier molecular flexibility index (Phi) is 8.19. The predicted octanol–water partition coefficient (Wildman–Crippen LogP) is 15.1. The quantitative estimate of drug-likeness (QED) is 0.125. The van der Waals surface area contributed by atoms with Gasteiger partial charge in [0, 0.05) is 16.7 Å². The lowest BCUT2D eigenvalue weighted by Crippen LogP contribution is -1.96. The number of benzene rings is 10. The molecular formula is C56H36N2. The molecule has 58 heavy (non-hydrogen) atoms. The Hall–Kier alpha value is -7.68. The summed E-state index contributed by atoms with van der Waals surface area (Å²) in [6.45, 7) is 0. The number of aromatic nitrogens is 2. The molecule has 270 valence electrons. The van der Waals surface area contributed by atoms with Crippen molar-refractivity contribution in [3.05, 3.63) is 218 Å². The van der Waals surface area contributed by atoms with Crippen molar-refractivity contribution in [2.24, 2.45) is 0 Å². The van der Waals surface area contributed by atoms with E-state index in [9.17, 15) is 0 Å². The standard InChI is InChI=1S/C56H36N2/c1-3-13-37(14-4-1)38-23-27-41(28-24-38)53-36-54(58-56(57-53)43-16-5-2-6-17-43)42-29-25-40(26-30-42)46-33-34-50(49-22-12-11-21-48(46)49)55-47-20-10-8-18-44(47)35-52-45-19-9-7-15-39(45)31-32-51(52)55/h1-36H. The van der Waals surface area contributed by atoms with Crippen LogP contribution >= 0.6 is 0 Å². The largest absolute Gasteiger partial charge is 0.228 e. The molecule has 0 fully saturated rings. The maximum atomic E-state index is 5.12. The smallest absolute Gasteiger partial charge is 0.160 e. The van der Waals surface area contributed by atoms with Gasteiger partial charge in [0.15, 0.2) is 5.82 Å². The van der Waals surface area contributed by atoms with Gasteiger partial charge in [-0.25, -0.2) is 9.97 Å². The molecule has 1 aromatic heterocycles. The summed E-state index contributed by atoms with van der Waals surface area (Å²) in [7, 11) is 0. The maximum Gasteiger partial charge on any atom is 0.160 e. The molecule has 11 rings (SSSR count). The van der Waals surface area contributed by atoms with Crippen LogP contribution in [0.15, 0.2) is 218 Å². The molecule has 1 heterocycles. The topological polar surface area (TPSA) is 25.8 Å². The first-order valence-corrected chi connectivity index (χ1v) is 19.8. The van der Waals surface area contributed by atoms with Crippen LogP contribution in [0.4, 0.5) is 0 Å². The first-order chi connectivity index (χ1) is 28.7. The van der Waals surface area contributed by atoms with Gasteiger partial charge in [0.2, 0.25) is 0 Å². The van der Waals surface area contributed by atoms with Gasteiger partial charge < -0.3 is 0 Å². The molecule has 0 atom stereocenters. The molecule has 0 spiro atoms. The molecule has 0 aliphatic carbocycles. The van der Waals surface area contributed by atoms with Gasteiger partial charge in [0.05, 0.1) is 11.4 Å². The van der Waals surface area contributed by atoms with E-state index in [4.69, 9.17) is 9.97 Å². The second-order valence-electron chi connectivity index (χ2n) is 14.9. The minimum absolute atomic E-state index is 0.708. The van der Waals surface area contributed by atoms with E-state index < -0.39 is 0 Å². The average molecular weight is 737 g/mol. The fraction of sp³-hybridized carbons (Fsp3) is 0. The van der Waals surface area contributed by atoms with Crippen LogP contribution in [0.5, 0.6) is 0 Å². The molecule has 0 bridgehead atoms. The molecule has 0 saturated carbocycles. The van der Waals surface area contributed by atoms with Crippen molar-refractivity contribution in [2.45, 2.75) is 0 Å². The highest BCUT2D eigenvalue weighted by atomic mass is 14.9. The lowest BCUT2D eigenvalue weighted by atomic mass is 9.86. The van der Waals surface area contributed by atoms with Crippen molar-refractivity contribution in [3.63, 3.8) is 0 Å². The summed E-state index contributed by atoms with van der Waals surface area (Å²) in [5.41, 5.74) is 12.1. The van der Waals surface area contributed by atoms with Gasteiger partial charge >= 0.3 is 0 Å². The Morgan fingerprint density at radius 1 is 0.241 bits per heavy atom. The van der Waals surface area contributed by atoms with Crippen LogP contribution in [-0.4, -0.2) is 9.97 Å². The van der Waals surface area contributed by atoms with Crippen molar-refractivity contribution in [3.8, 4) is 67.3 Å². The molecule has 0 N–H and O–H groups in total. The monoisotopic (exact) mass is 736 g/mol. The minimum atomic E-state index is 0.708. The van der Waals surface area contributed by atoms with E-state index >= 15 is 0 Å². The van der Waals surface area contributed by atoms with Crippen LogP contribution in [0, 0.1) is 0 Å². The van der Waals surface area contributed by atoms with E-state index in [1.807, 2.05) is 24.3 Å². The number of hydrogen-bond donors (Lipinski definition) is 0. The van der Waals surface area contributed by atoms with Crippen LogP contribution in [0.3, 0.4) is 0 Å². The second-order valence-corrected chi connectivity index (χ2v) is 14.9. The van der Waals surface area contributed by atoms with Gasteiger partial charge in [-0.05, 0) is 88.6 Å². The maximum absolute atomic E-state index is 5.12. The summed E-state index contributed by atoms with van der Waals surface area (Å²) in [5.74, 6) is 0.708. The van der Waals surface area contributed by atoms with Gasteiger partial charge in [-0.3, -0.25) is 0 Å². The van der Waals surface area contributed by atoms with Crippen molar-refractivity contribution in [2.75, 3.05) is 0 Å². The molecule has 0 saturated heterocycles. The van der Waals surface area contributed by atoms with E-state index in [0.717, 1.165) is 33.6 Å². The Morgan fingerprint density at radius 2 is 0.724 bits per heavy atom. The first kappa shape index (κ1) is 33.6. The summed E-state index contributed by atoms with van der Waals surface area (Å²) in [5, 5.41) is 10.1. The highest BCUT2D eigenvalue weighted by Crippen LogP contribution is 2.44. The molecule has 0 radical (unpaired) electrons. The van der Waals surface area contributed by atoms with Crippen LogP contribution in [0.2, 0.25) is 0 Å². The average Bonchev–Trinajstić information content (AvgIpc) is 3.31. The Bertz CT molecular complexity index is 3300. The van der Waals surface area contributed by atoms with Crippen molar-refractivity contribution < 1.29 is 0 Å². The Labute approximate surface area is 337 Å². The van der Waals surface area contributed by atoms with E-state index in [0.29, 0.717) is 5.82 Å². The lowest BCUT2D eigenvalue weighted by molar-refractivity contribution is 1.18. The summed E-state index contributed by atoms with van der Waals surface area (Å²) < 4.78 is 0. The fourth-order valence-corrected chi connectivity index (χ4v) is 8.62.